The van der Waals surface area contributed by atoms with Gasteiger partial charge in [-0.3, -0.25) is 4.79 Å². The van der Waals surface area contributed by atoms with Crippen LogP contribution in [-0.2, 0) is 4.79 Å². The second kappa shape index (κ2) is 5.64. The Bertz CT molecular complexity index is 240. The first-order valence-corrected chi connectivity index (χ1v) is 6.47. The Labute approximate surface area is 97.8 Å². The molecule has 1 unspecified atom stereocenters. The summed E-state index contributed by atoms with van der Waals surface area (Å²) in [5, 5.41) is 6.36. The van der Waals surface area contributed by atoms with Crippen LogP contribution in [0.25, 0.3) is 0 Å². The number of likely N-dealkylation sites (tertiary alicyclic amines) is 1. The first-order chi connectivity index (χ1) is 7.78. The third-order valence-corrected chi connectivity index (χ3v) is 3.51. The van der Waals surface area contributed by atoms with E-state index in [0.717, 1.165) is 19.6 Å². The highest BCUT2D eigenvalue weighted by Crippen LogP contribution is 2.18. The molecule has 1 aliphatic heterocycles. The molecule has 0 aromatic rings. The van der Waals surface area contributed by atoms with E-state index < -0.39 is 0 Å². The highest BCUT2D eigenvalue weighted by atomic mass is 16.1. The third-order valence-electron chi connectivity index (χ3n) is 3.51. The summed E-state index contributed by atoms with van der Waals surface area (Å²) in [5.41, 5.74) is 0. The van der Waals surface area contributed by atoms with Crippen LogP contribution in [0.5, 0.6) is 0 Å². The average Bonchev–Trinajstić information content (AvgIpc) is 3.10. The van der Waals surface area contributed by atoms with E-state index in [1.807, 2.05) is 7.05 Å². The summed E-state index contributed by atoms with van der Waals surface area (Å²) in [7, 11) is 2.02. The number of carbonyl (C=O) groups excluding carboxylic acids is 1. The fourth-order valence-electron chi connectivity index (χ4n) is 2.28. The van der Waals surface area contributed by atoms with Crippen LogP contribution in [0.2, 0.25) is 0 Å². The minimum Gasteiger partial charge on any atom is -0.353 e. The molecule has 4 heteroatoms. The number of likely N-dealkylation sites (N-methyl/N-ethyl adjacent to an activating group) is 1. The van der Waals surface area contributed by atoms with Crippen LogP contribution in [0.1, 0.15) is 32.1 Å². The molecule has 2 aliphatic rings. The lowest BCUT2D eigenvalue weighted by Crippen LogP contribution is -2.45. The summed E-state index contributed by atoms with van der Waals surface area (Å²) < 4.78 is 0. The monoisotopic (exact) mass is 225 g/mol. The molecule has 2 fully saturated rings. The van der Waals surface area contributed by atoms with Crippen molar-refractivity contribution in [1.29, 1.82) is 0 Å². The van der Waals surface area contributed by atoms with Crippen molar-refractivity contribution in [3.63, 3.8) is 0 Å². The third kappa shape index (κ3) is 3.76. The lowest BCUT2D eigenvalue weighted by molar-refractivity contribution is -0.121. The van der Waals surface area contributed by atoms with Crippen molar-refractivity contribution in [3.05, 3.63) is 0 Å². The predicted octanol–water partition coefficient (Wildman–Crippen LogP) is 0.339. The van der Waals surface area contributed by atoms with Gasteiger partial charge in [0.1, 0.15) is 0 Å². The van der Waals surface area contributed by atoms with E-state index in [1.165, 1.54) is 25.7 Å². The van der Waals surface area contributed by atoms with Gasteiger partial charge in [0.15, 0.2) is 0 Å². The summed E-state index contributed by atoms with van der Waals surface area (Å²) in [6, 6.07) is 1.11. The number of rotatable bonds is 5. The van der Waals surface area contributed by atoms with Crippen LogP contribution in [0.4, 0.5) is 0 Å². The molecule has 0 radical (unpaired) electrons. The van der Waals surface area contributed by atoms with Crippen molar-refractivity contribution in [2.45, 2.75) is 44.2 Å². The molecule has 0 bridgehead atoms. The highest BCUT2D eigenvalue weighted by Gasteiger charge is 2.24. The summed E-state index contributed by atoms with van der Waals surface area (Å²) in [6.45, 7) is 3.15. The summed E-state index contributed by atoms with van der Waals surface area (Å²) >= 11 is 0. The van der Waals surface area contributed by atoms with Crippen LogP contribution in [0.15, 0.2) is 0 Å². The standard InChI is InChI=1S/C12H23N3O/c1-13-11-3-2-7-15(9-11)8-6-12(16)14-10-4-5-10/h10-11,13H,2-9H2,1H3,(H,14,16). The lowest BCUT2D eigenvalue weighted by atomic mass is 10.1. The first kappa shape index (κ1) is 11.9. The lowest BCUT2D eigenvalue weighted by Gasteiger charge is -2.32. The highest BCUT2D eigenvalue weighted by molar-refractivity contribution is 5.76. The van der Waals surface area contributed by atoms with Crippen molar-refractivity contribution < 1.29 is 4.79 Å². The van der Waals surface area contributed by atoms with Gasteiger partial charge in [-0.15, -0.1) is 0 Å². The van der Waals surface area contributed by atoms with Crippen LogP contribution < -0.4 is 10.6 Å². The fraction of sp³-hybridized carbons (Fsp3) is 0.917. The van der Waals surface area contributed by atoms with Gasteiger partial charge in [0.25, 0.3) is 0 Å². The van der Waals surface area contributed by atoms with E-state index in [-0.39, 0.29) is 5.91 Å². The van der Waals surface area contributed by atoms with Crippen LogP contribution in [0, 0.1) is 0 Å². The number of hydrogen-bond acceptors (Lipinski definition) is 3. The van der Waals surface area contributed by atoms with Crippen molar-refractivity contribution in [2.75, 3.05) is 26.7 Å². The normalized spacial score (nSPS) is 26.7. The molecule has 16 heavy (non-hydrogen) atoms. The maximum Gasteiger partial charge on any atom is 0.221 e. The van der Waals surface area contributed by atoms with Crippen molar-refractivity contribution in [1.82, 2.24) is 15.5 Å². The molecule has 4 nitrogen and oxygen atoms in total. The van der Waals surface area contributed by atoms with E-state index in [9.17, 15) is 4.79 Å². The zero-order chi connectivity index (χ0) is 11.4. The topological polar surface area (TPSA) is 44.4 Å². The van der Waals surface area contributed by atoms with Gasteiger partial charge in [0.05, 0.1) is 0 Å². The van der Waals surface area contributed by atoms with Crippen molar-refractivity contribution in [3.8, 4) is 0 Å². The van der Waals surface area contributed by atoms with E-state index in [0.29, 0.717) is 18.5 Å². The minimum absolute atomic E-state index is 0.231. The molecule has 2 N–H and O–H groups in total. The summed E-state index contributed by atoms with van der Waals surface area (Å²) in [6.07, 6.45) is 5.53. The quantitative estimate of drug-likeness (QED) is 0.709. The van der Waals surface area contributed by atoms with E-state index in [4.69, 9.17) is 0 Å². The van der Waals surface area contributed by atoms with Crippen LogP contribution in [0.3, 0.4) is 0 Å². The molecule has 1 saturated carbocycles. The van der Waals surface area contributed by atoms with Crippen LogP contribution >= 0.6 is 0 Å². The Morgan fingerprint density at radius 2 is 2.12 bits per heavy atom. The maximum absolute atomic E-state index is 11.5. The molecular weight excluding hydrogens is 202 g/mol. The molecule has 0 aromatic heterocycles. The second-order valence-corrected chi connectivity index (χ2v) is 5.02. The second-order valence-electron chi connectivity index (χ2n) is 5.02. The number of nitrogens with one attached hydrogen (secondary N) is 2. The molecule has 1 amide bonds. The summed E-state index contributed by atoms with van der Waals surface area (Å²) in [5.74, 6) is 0.231. The molecule has 1 heterocycles. The average molecular weight is 225 g/mol. The van der Waals surface area contributed by atoms with Gasteiger partial charge in [-0.1, -0.05) is 0 Å². The molecule has 0 aromatic carbocycles. The molecule has 92 valence electrons. The molecule has 2 rings (SSSR count). The Hall–Kier alpha value is -0.610. The number of carbonyl (C=O) groups is 1. The first-order valence-electron chi connectivity index (χ1n) is 6.47. The van der Waals surface area contributed by atoms with E-state index >= 15 is 0 Å². The van der Waals surface area contributed by atoms with Gasteiger partial charge in [-0.05, 0) is 39.3 Å². The maximum atomic E-state index is 11.5. The van der Waals surface area contributed by atoms with Gasteiger partial charge in [0.2, 0.25) is 5.91 Å². The molecule has 1 saturated heterocycles. The van der Waals surface area contributed by atoms with Gasteiger partial charge in [-0.25, -0.2) is 0 Å². The number of piperidine rings is 1. The Balaban J connectivity index is 1.62. The van der Waals surface area contributed by atoms with Crippen molar-refractivity contribution >= 4 is 5.91 Å². The molecule has 1 aliphatic carbocycles. The Morgan fingerprint density at radius 3 is 2.81 bits per heavy atom. The van der Waals surface area contributed by atoms with Gasteiger partial charge >= 0.3 is 0 Å². The van der Waals surface area contributed by atoms with Crippen LogP contribution in [-0.4, -0.2) is 49.6 Å². The van der Waals surface area contributed by atoms with Gasteiger partial charge in [-0.2, -0.15) is 0 Å². The fourth-order valence-corrected chi connectivity index (χ4v) is 2.28. The van der Waals surface area contributed by atoms with E-state index in [2.05, 4.69) is 15.5 Å². The Morgan fingerprint density at radius 1 is 1.31 bits per heavy atom. The SMILES string of the molecule is CNC1CCCN(CCC(=O)NC2CC2)C1. The predicted molar refractivity (Wildman–Crippen MR) is 64.3 cm³/mol. The molecule has 0 spiro atoms. The smallest absolute Gasteiger partial charge is 0.221 e. The Kier molecular flexibility index (Phi) is 4.18. The summed E-state index contributed by atoms with van der Waals surface area (Å²) in [4.78, 5) is 13.9. The largest absolute Gasteiger partial charge is 0.353 e. The molecule has 1 atom stereocenters. The van der Waals surface area contributed by atoms with E-state index in [1.54, 1.807) is 0 Å². The van der Waals surface area contributed by atoms with Gasteiger partial charge in [0, 0.05) is 31.6 Å². The number of amides is 1. The van der Waals surface area contributed by atoms with Gasteiger partial charge < -0.3 is 15.5 Å². The molecular formula is C12H23N3O. The zero-order valence-corrected chi connectivity index (χ0v) is 10.2. The zero-order valence-electron chi connectivity index (χ0n) is 10.2. The minimum atomic E-state index is 0.231. The number of nitrogens with zero attached hydrogens (tertiary/aromatic N) is 1. The van der Waals surface area contributed by atoms with Crippen molar-refractivity contribution in [2.24, 2.45) is 0 Å². The number of hydrogen-bond donors (Lipinski definition) is 2.